The van der Waals surface area contributed by atoms with E-state index >= 15 is 0 Å². The summed E-state index contributed by atoms with van der Waals surface area (Å²) >= 11 is 0. The van der Waals surface area contributed by atoms with E-state index in [-0.39, 0.29) is 33.8 Å². The van der Waals surface area contributed by atoms with Crippen LogP contribution in [-0.2, 0) is 27.1 Å². The van der Waals surface area contributed by atoms with Gasteiger partial charge in [0.25, 0.3) is 0 Å². The molecule has 0 atom stereocenters. The number of hydrogen-bond donors (Lipinski definition) is 0. The van der Waals surface area contributed by atoms with Gasteiger partial charge in [0.1, 0.15) is 5.82 Å². The number of anilines is 3. The largest absolute Gasteiger partial charge is 0.296 e. The number of aromatic nitrogens is 1. The molecular weight excluding hydrogens is 543 g/mol. The molecular formula is C42H51BN2. The van der Waals surface area contributed by atoms with Crippen molar-refractivity contribution in [2.24, 2.45) is 0 Å². The molecule has 3 aromatic carbocycles. The van der Waals surface area contributed by atoms with Crippen molar-refractivity contribution in [1.29, 1.82) is 0 Å². The predicted octanol–water partition coefficient (Wildman–Crippen LogP) is 8.96. The molecule has 0 radical (unpaired) electrons. The zero-order valence-electron chi connectivity index (χ0n) is 29.7. The molecule has 45 heavy (non-hydrogen) atoms. The van der Waals surface area contributed by atoms with Gasteiger partial charge in [0.2, 0.25) is 6.71 Å². The first-order chi connectivity index (χ1) is 20.8. The van der Waals surface area contributed by atoms with Gasteiger partial charge in [0.05, 0.1) is 0 Å². The third-order valence-corrected chi connectivity index (χ3v) is 11.6. The van der Waals surface area contributed by atoms with Crippen LogP contribution in [0.4, 0.5) is 17.2 Å². The fourth-order valence-electron chi connectivity index (χ4n) is 8.45. The molecule has 1 aromatic heterocycles. The smallest absolute Gasteiger partial charge is 0.249 e. The summed E-state index contributed by atoms with van der Waals surface area (Å²) in [4.78, 5) is 7.66. The Morgan fingerprint density at radius 2 is 1.20 bits per heavy atom. The Morgan fingerprint density at radius 1 is 0.622 bits per heavy atom. The summed E-state index contributed by atoms with van der Waals surface area (Å²) < 4.78 is 0. The Kier molecular flexibility index (Phi) is 6.31. The van der Waals surface area contributed by atoms with Gasteiger partial charge in [-0.15, -0.1) is 0 Å². The summed E-state index contributed by atoms with van der Waals surface area (Å²) in [5, 5.41) is 0. The molecule has 2 nitrogen and oxygen atoms in total. The molecule has 0 spiro atoms. The highest BCUT2D eigenvalue weighted by atomic mass is 15.2. The van der Waals surface area contributed by atoms with Gasteiger partial charge in [-0.1, -0.05) is 125 Å². The van der Waals surface area contributed by atoms with Gasteiger partial charge in [-0.2, -0.15) is 0 Å². The highest BCUT2D eigenvalue weighted by molar-refractivity contribution is 6.99. The van der Waals surface area contributed by atoms with Crippen molar-refractivity contribution in [2.45, 2.75) is 123 Å². The van der Waals surface area contributed by atoms with E-state index in [2.05, 4.69) is 155 Å². The van der Waals surface area contributed by atoms with Crippen LogP contribution in [-0.4, -0.2) is 11.7 Å². The van der Waals surface area contributed by atoms with Crippen LogP contribution in [0.15, 0.2) is 66.9 Å². The third kappa shape index (κ3) is 4.47. The van der Waals surface area contributed by atoms with Crippen molar-refractivity contribution in [1.82, 2.24) is 4.98 Å². The average molecular weight is 595 g/mol. The number of benzene rings is 3. The van der Waals surface area contributed by atoms with Crippen molar-refractivity contribution < 1.29 is 0 Å². The van der Waals surface area contributed by atoms with E-state index in [1.807, 2.05) is 0 Å². The van der Waals surface area contributed by atoms with Crippen LogP contribution in [0.2, 0.25) is 0 Å². The molecule has 0 N–H and O–H groups in total. The van der Waals surface area contributed by atoms with Crippen molar-refractivity contribution in [3.63, 3.8) is 0 Å². The lowest BCUT2D eigenvalue weighted by Gasteiger charge is -2.48. The lowest BCUT2D eigenvalue weighted by Crippen LogP contribution is -2.64. The summed E-state index contributed by atoms with van der Waals surface area (Å²) in [6.45, 7) is 28.7. The summed E-state index contributed by atoms with van der Waals surface area (Å²) in [6, 6.07) is 24.0. The van der Waals surface area contributed by atoms with Gasteiger partial charge in [-0.05, 0) is 103 Å². The second kappa shape index (κ2) is 9.37. The minimum Gasteiger partial charge on any atom is -0.296 e. The minimum atomic E-state index is -0.146. The van der Waals surface area contributed by atoms with Gasteiger partial charge >= 0.3 is 0 Å². The molecule has 0 unspecified atom stereocenters. The van der Waals surface area contributed by atoms with Crippen LogP contribution in [0.25, 0.3) is 0 Å². The SMILES string of the molecule is CC(C)(C)c1ccc(N2c3ccc(C(C)(C)C)cc3B3c4cc5c(cc4C(C)(C)c4ccnc2c43)C(C)(C)CCC5(C)C)cc1. The lowest BCUT2D eigenvalue weighted by atomic mass is 9.30. The maximum absolute atomic E-state index is 5.21. The highest BCUT2D eigenvalue weighted by Crippen LogP contribution is 2.49. The molecule has 0 saturated heterocycles. The molecule has 0 bridgehead atoms. The normalized spacial score (nSPS) is 18.9. The second-order valence-corrected chi connectivity index (χ2v) is 18.1. The molecule has 7 rings (SSSR count). The zero-order valence-corrected chi connectivity index (χ0v) is 29.7. The number of pyridine rings is 1. The van der Waals surface area contributed by atoms with E-state index in [0.717, 1.165) is 5.82 Å². The Morgan fingerprint density at radius 3 is 1.80 bits per heavy atom. The molecule has 3 aliphatic rings. The van der Waals surface area contributed by atoms with E-state index in [1.165, 1.54) is 68.4 Å². The predicted molar refractivity (Wildman–Crippen MR) is 195 cm³/mol. The summed E-state index contributed by atoms with van der Waals surface area (Å²) in [5.41, 5.74) is 15.7. The molecule has 0 saturated carbocycles. The van der Waals surface area contributed by atoms with Crippen molar-refractivity contribution in [2.75, 3.05) is 4.90 Å². The van der Waals surface area contributed by atoms with Crippen LogP contribution in [0.5, 0.6) is 0 Å². The zero-order chi connectivity index (χ0) is 32.5. The molecule has 0 fully saturated rings. The Balaban J connectivity index is 1.56. The molecule has 232 valence electrons. The van der Waals surface area contributed by atoms with Crippen LogP contribution in [0.3, 0.4) is 0 Å². The maximum Gasteiger partial charge on any atom is 0.249 e. The first kappa shape index (κ1) is 30.3. The summed E-state index contributed by atoms with van der Waals surface area (Å²) in [7, 11) is 0. The Hall–Kier alpha value is -3.33. The van der Waals surface area contributed by atoms with Gasteiger partial charge in [-0.3, -0.25) is 4.90 Å². The maximum atomic E-state index is 5.21. The van der Waals surface area contributed by atoms with Crippen LogP contribution < -0.4 is 21.3 Å². The quantitative estimate of drug-likeness (QED) is 0.180. The van der Waals surface area contributed by atoms with Crippen molar-refractivity contribution >= 4 is 40.3 Å². The third-order valence-electron chi connectivity index (χ3n) is 11.6. The average Bonchev–Trinajstić information content (AvgIpc) is 2.96. The Bertz CT molecular complexity index is 1840. The van der Waals surface area contributed by atoms with Crippen LogP contribution in [0.1, 0.15) is 129 Å². The number of hydrogen-bond acceptors (Lipinski definition) is 2. The van der Waals surface area contributed by atoms with Crippen molar-refractivity contribution in [3.05, 3.63) is 100 Å². The molecule has 0 amide bonds. The second-order valence-electron chi connectivity index (χ2n) is 18.1. The van der Waals surface area contributed by atoms with Crippen LogP contribution in [0, 0.1) is 0 Å². The van der Waals surface area contributed by atoms with E-state index in [0.29, 0.717) is 0 Å². The van der Waals surface area contributed by atoms with Gasteiger partial charge in [-0.25, -0.2) is 4.98 Å². The van der Waals surface area contributed by atoms with Crippen LogP contribution >= 0.6 is 0 Å². The Labute approximate surface area is 272 Å². The fourth-order valence-corrected chi connectivity index (χ4v) is 8.45. The first-order valence-corrected chi connectivity index (χ1v) is 17.1. The number of nitrogens with zero attached hydrogens (tertiary/aromatic N) is 2. The molecule has 3 heterocycles. The van der Waals surface area contributed by atoms with Gasteiger partial charge in [0, 0.05) is 23.0 Å². The molecule has 2 aliphatic heterocycles. The topological polar surface area (TPSA) is 16.1 Å². The lowest BCUT2D eigenvalue weighted by molar-refractivity contribution is 0.331. The molecule has 3 heteroatoms. The highest BCUT2D eigenvalue weighted by Gasteiger charge is 2.49. The summed E-state index contributed by atoms with van der Waals surface area (Å²) in [6.07, 6.45) is 4.49. The first-order valence-electron chi connectivity index (χ1n) is 17.1. The molecule has 1 aliphatic carbocycles. The fraction of sp³-hybridized carbons (Fsp3) is 0.452. The molecule has 4 aromatic rings. The number of fused-ring (bicyclic) bond motifs is 5. The minimum absolute atomic E-state index is 0.0465. The van der Waals surface area contributed by atoms with Gasteiger partial charge < -0.3 is 0 Å². The van der Waals surface area contributed by atoms with Crippen molar-refractivity contribution in [3.8, 4) is 0 Å². The standard InChI is InChI=1S/C42H51BN2/c1-38(2,3)26-13-16-28(17-14-26)45-35-18-15-27(39(4,5)6)23-34(35)43-33-25-31-30(40(7,8)20-21-41(31,9)10)24-32(33)42(11,12)29-19-22-44-37(45)36(29)43/h13-19,22-25H,20-21H2,1-12H3. The summed E-state index contributed by atoms with van der Waals surface area (Å²) in [5.74, 6) is 1.08. The van der Waals surface area contributed by atoms with Gasteiger partial charge in [0.15, 0.2) is 0 Å². The van der Waals surface area contributed by atoms with E-state index in [1.54, 1.807) is 5.56 Å². The van der Waals surface area contributed by atoms with E-state index in [4.69, 9.17) is 4.98 Å². The van der Waals surface area contributed by atoms with E-state index < -0.39 is 0 Å². The number of rotatable bonds is 1. The van der Waals surface area contributed by atoms with E-state index in [9.17, 15) is 0 Å². The monoisotopic (exact) mass is 594 g/mol.